The summed E-state index contributed by atoms with van der Waals surface area (Å²) in [5.74, 6) is -0.419. The molecule has 1 aliphatic heterocycles. The molecular weight excluding hydrogens is 264 g/mol. The highest BCUT2D eigenvalue weighted by molar-refractivity contribution is 6.21. The zero-order valence-electron chi connectivity index (χ0n) is 11.7. The number of hydrogen-bond donors (Lipinski definition) is 1. The lowest BCUT2D eigenvalue weighted by atomic mass is 10.1. The largest absolute Gasteiger partial charge is 0.399 e. The van der Waals surface area contributed by atoms with E-state index in [1.807, 2.05) is 31.2 Å². The van der Waals surface area contributed by atoms with E-state index in [0.717, 1.165) is 5.56 Å². The molecule has 1 aliphatic rings. The maximum atomic E-state index is 12.4. The quantitative estimate of drug-likeness (QED) is 0.694. The number of benzene rings is 2. The Hall–Kier alpha value is -2.62. The SMILES string of the molecule is CC(Cc1ccc(N)cc1)N1C(=O)c2ccccc2C1=O. The zero-order valence-corrected chi connectivity index (χ0v) is 11.7. The molecule has 2 amide bonds. The van der Waals surface area contributed by atoms with E-state index in [2.05, 4.69) is 0 Å². The van der Waals surface area contributed by atoms with Crippen molar-refractivity contribution in [2.75, 3.05) is 5.73 Å². The van der Waals surface area contributed by atoms with Gasteiger partial charge in [-0.25, -0.2) is 0 Å². The highest BCUT2D eigenvalue weighted by Gasteiger charge is 2.37. The first-order valence-corrected chi connectivity index (χ1v) is 6.89. The molecule has 0 bridgehead atoms. The van der Waals surface area contributed by atoms with Gasteiger partial charge in [-0.2, -0.15) is 0 Å². The Morgan fingerprint density at radius 1 is 0.952 bits per heavy atom. The van der Waals surface area contributed by atoms with E-state index in [1.54, 1.807) is 24.3 Å². The molecule has 21 heavy (non-hydrogen) atoms. The first-order chi connectivity index (χ1) is 10.1. The first kappa shape index (κ1) is 13.4. The number of nitrogens with zero attached hydrogens (tertiary/aromatic N) is 1. The molecule has 0 fully saturated rings. The predicted octanol–water partition coefficient (Wildman–Crippen LogP) is 2.50. The van der Waals surface area contributed by atoms with E-state index in [0.29, 0.717) is 23.2 Å². The number of anilines is 1. The lowest BCUT2D eigenvalue weighted by Gasteiger charge is -2.22. The highest BCUT2D eigenvalue weighted by atomic mass is 16.2. The van der Waals surface area contributed by atoms with Gasteiger partial charge < -0.3 is 5.73 Å². The Kier molecular flexibility index (Phi) is 3.22. The number of carbonyl (C=O) groups excluding carboxylic acids is 2. The summed E-state index contributed by atoms with van der Waals surface area (Å²) in [7, 11) is 0. The fourth-order valence-corrected chi connectivity index (χ4v) is 2.69. The van der Waals surface area contributed by atoms with Crippen molar-refractivity contribution in [3.05, 3.63) is 65.2 Å². The third-order valence-corrected chi connectivity index (χ3v) is 3.78. The number of fused-ring (bicyclic) bond motifs is 1. The summed E-state index contributed by atoms with van der Waals surface area (Å²) < 4.78 is 0. The van der Waals surface area contributed by atoms with Crippen LogP contribution in [0.5, 0.6) is 0 Å². The number of rotatable bonds is 3. The van der Waals surface area contributed by atoms with Crippen LogP contribution in [0.1, 0.15) is 33.2 Å². The number of amides is 2. The number of hydrogen-bond acceptors (Lipinski definition) is 3. The summed E-state index contributed by atoms with van der Waals surface area (Å²) in [5.41, 5.74) is 8.40. The third-order valence-electron chi connectivity index (χ3n) is 3.78. The second kappa shape index (κ2) is 5.05. The third kappa shape index (κ3) is 2.29. The summed E-state index contributed by atoms with van der Waals surface area (Å²) in [4.78, 5) is 26.1. The van der Waals surface area contributed by atoms with Gasteiger partial charge in [-0.1, -0.05) is 24.3 Å². The van der Waals surface area contributed by atoms with Gasteiger partial charge in [0.25, 0.3) is 11.8 Å². The minimum absolute atomic E-state index is 0.193. The fourth-order valence-electron chi connectivity index (χ4n) is 2.69. The number of nitrogens with two attached hydrogens (primary N) is 1. The van der Waals surface area contributed by atoms with Crippen molar-refractivity contribution in [1.82, 2.24) is 4.90 Å². The van der Waals surface area contributed by atoms with Gasteiger partial charge in [0.15, 0.2) is 0 Å². The molecule has 0 spiro atoms. The molecule has 2 aromatic rings. The van der Waals surface area contributed by atoms with Crippen LogP contribution in [0.4, 0.5) is 5.69 Å². The average Bonchev–Trinajstić information content (AvgIpc) is 2.74. The number of imide groups is 1. The Labute approximate surface area is 123 Å². The van der Waals surface area contributed by atoms with Crippen LogP contribution < -0.4 is 5.73 Å². The molecule has 2 N–H and O–H groups in total. The highest BCUT2D eigenvalue weighted by Crippen LogP contribution is 2.25. The summed E-state index contributed by atoms with van der Waals surface area (Å²) in [6.45, 7) is 1.89. The Bertz CT molecular complexity index is 672. The smallest absolute Gasteiger partial charge is 0.261 e. The Balaban J connectivity index is 1.83. The molecule has 1 atom stereocenters. The van der Waals surface area contributed by atoms with Crippen molar-refractivity contribution in [2.24, 2.45) is 0 Å². The lowest BCUT2D eigenvalue weighted by Crippen LogP contribution is -2.39. The van der Waals surface area contributed by atoms with Crippen LogP contribution in [0.15, 0.2) is 48.5 Å². The van der Waals surface area contributed by atoms with Crippen molar-refractivity contribution in [3.8, 4) is 0 Å². The molecule has 1 heterocycles. The molecule has 1 unspecified atom stereocenters. The molecule has 2 aromatic carbocycles. The fraction of sp³-hybridized carbons (Fsp3) is 0.176. The summed E-state index contributed by atoms with van der Waals surface area (Å²) in [6, 6.07) is 14.2. The van der Waals surface area contributed by atoms with Crippen molar-refractivity contribution < 1.29 is 9.59 Å². The summed E-state index contributed by atoms with van der Waals surface area (Å²) in [5, 5.41) is 0. The molecular formula is C17H16N2O2. The zero-order chi connectivity index (χ0) is 15.0. The minimum atomic E-state index is -0.210. The number of carbonyl (C=O) groups is 2. The van der Waals surface area contributed by atoms with Gasteiger partial charge >= 0.3 is 0 Å². The van der Waals surface area contributed by atoms with Gasteiger partial charge in [-0.15, -0.1) is 0 Å². The number of nitrogen functional groups attached to an aromatic ring is 1. The lowest BCUT2D eigenvalue weighted by molar-refractivity contribution is 0.0597. The second-order valence-electron chi connectivity index (χ2n) is 5.32. The van der Waals surface area contributed by atoms with Crippen molar-refractivity contribution in [1.29, 1.82) is 0 Å². The van der Waals surface area contributed by atoms with E-state index >= 15 is 0 Å². The molecule has 4 nitrogen and oxygen atoms in total. The molecule has 0 radical (unpaired) electrons. The topological polar surface area (TPSA) is 63.4 Å². The first-order valence-electron chi connectivity index (χ1n) is 6.89. The van der Waals surface area contributed by atoms with Crippen LogP contribution in [-0.4, -0.2) is 22.8 Å². The van der Waals surface area contributed by atoms with Gasteiger partial charge in [0.1, 0.15) is 0 Å². The summed E-state index contributed by atoms with van der Waals surface area (Å²) in [6.07, 6.45) is 0.617. The van der Waals surface area contributed by atoms with Gasteiger partial charge in [-0.3, -0.25) is 14.5 Å². The van der Waals surface area contributed by atoms with Gasteiger partial charge in [-0.05, 0) is 43.2 Å². The van der Waals surface area contributed by atoms with Gasteiger partial charge in [0, 0.05) is 11.7 Å². The van der Waals surface area contributed by atoms with Crippen molar-refractivity contribution in [3.63, 3.8) is 0 Å². The standard InChI is InChI=1S/C17H16N2O2/c1-11(10-12-6-8-13(18)9-7-12)19-16(20)14-4-2-3-5-15(14)17(19)21/h2-9,11H,10,18H2,1H3. The maximum absolute atomic E-state index is 12.4. The molecule has 3 rings (SSSR count). The Morgan fingerprint density at radius 3 is 2.00 bits per heavy atom. The van der Waals surface area contributed by atoms with Gasteiger partial charge in [0.05, 0.1) is 11.1 Å². The van der Waals surface area contributed by atoms with Crippen molar-refractivity contribution in [2.45, 2.75) is 19.4 Å². The van der Waals surface area contributed by atoms with Crippen LogP contribution in [0.2, 0.25) is 0 Å². The van der Waals surface area contributed by atoms with Crippen LogP contribution in [0.25, 0.3) is 0 Å². The maximum Gasteiger partial charge on any atom is 0.261 e. The van der Waals surface area contributed by atoms with E-state index in [4.69, 9.17) is 5.73 Å². The van der Waals surface area contributed by atoms with Crippen molar-refractivity contribution >= 4 is 17.5 Å². The molecule has 106 valence electrons. The van der Waals surface area contributed by atoms with Crippen LogP contribution in [0, 0.1) is 0 Å². The molecule has 4 heteroatoms. The van der Waals surface area contributed by atoms with E-state index in [1.165, 1.54) is 4.90 Å². The summed E-state index contributed by atoms with van der Waals surface area (Å²) >= 11 is 0. The molecule has 0 aliphatic carbocycles. The van der Waals surface area contributed by atoms with Crippen LogP contribution >= 0.6 is 0 Å². The normalized spacial score (nSPS) is 15.2. The average molecular weight is 280 g/mol. The Morgan fingerprint density at radius 2 is 1.48 bits per heavy atom. The van der Waals surface area contributed by atoms with Crippen LogP contribution in [-0.2, 0) is 6.42 Å². The minimum Gasteiger partial charge on any atom is -0.399 e. The van der Waals surface area contributed by atoms with Gasteiger partial charge in [0.2, 0.25) is 0 Å². The molecule has 0 saturated heterocycles. The second-order valence-corrected chi connectivity index (χ2v) is 5.32. The monoisotopic (exact) mass is 280 g/mol. The molecule has 0 saturated carbocycles. The van der Waals surface area contributed by atoms with Crippen LogP contribution in [0.3, 0.4) is 0 Å². The van der Waals surface area contributed by atoms with E-state index < -0.39 is 0 Å². The van der Waals surface area contributed by atoms with E-state index in [9.17, 15) is 9.59 Å². The predicted molar refractivity (Wildman–Crippen MR) is 81.0 cm³/mol. The van der Waals surface area contributed by atoms with E-state index in [-0.39, 0.29) is 17.9 Å². The molecule has 0 aromatic heterocycles.